The fourth-order valence-electron chi connectivity index (χ4n) is 2.14. The van der Waals surface area contributed by atoms with Crippen LogP contribution in [0.1, 0.15) is 20.3 Å². The first-order valence-electron chi connectivity index (χ1n) is 5.78. The molecule has 0 amide bonds. The van der Waals surface area contributed by atoms with Crippen molar-refractivity contribution in [2.75, 3.05) is 18.8 Å². The SMILES string of the molecule is CC1(C)CCN(S(=O)(=O)c2cc(Br)ccc2N)C1. The molecule has 1 aliphatic heterocycles. The summed E-state index contributed by atoms with van der Waals surface area (Å²) in [5.41, 5.74) is 6.11. The van der Waals surface area contributed by atoms with Crippen LogP contribution in [0, 0.1) is 5.41 Å². The Morgan fingerprint density at radius 2 is 2.06 bits per heavy atom. The number of nitrogen functional groups attached to an aromatic ring is 1. The number of rotatable bonds is 2. The third kappa shape index (κ3) is 2.55. The summed E-state index contributed by atoms with van der Waals surface area (Å²) in [6.07, 6.45) is 0.875. The Bertz CT molecular complexity index is 569. The van der Waals surface area contributed by atoms with Gasteiger partial charge in [0.2, 0.25) is 10.0 Å². The van der Waals surface area contributed by atoms with Crippen molar-refractivity contribution in [1.82, 2.24) is 4.31 Å². The zero-order valence-corrected chi connectivity index (χ0v) is 12.9. The zero-order chi connectivity index (χ0) is 13.6. The fourth-order valence-corrected chi connectivity index (χ4v) is 4.42. The molecule has 0 radical (unpaired) electrons. The molecule has 1 aliphatic rings. The average molecular weight is 333 g/mol. The van der Waals surface area contributed by atoms with Crippen LogP contribution in [0.5, 0.6) is 0 Å². The molecule has 0 bridgehead atoms. The summed E-state index contributed by atoms with van der Waals surface area (Å²) in [7, 11) is -3.48. The minimum absolute atomic E-state index is 0.0356. The van der Waals surface area contributed by atoms with Gasteiger partial charge in [0, 0.05) is 17.6 Å². The number of sulfonamides is 1. The highest BCUT2D eigenvalue weighted by Gasteiger charge is 2.37. The monoisotopic (exact) mass is 332 g/mol. The van der Waals surface area contributed by atoms with Gasteiger partial charge in [-0.25, -0.2) is 8.42 Å². The van der Waals surface area contributed by atoms with Crippen LogP contribution in [0.25, 0.3) is 0 Å². The maximum absolute atomic E-state index is 12.5. The summed E-state index contributed by atoms with van der Waals surface area (Å²) in [6, 6.07) is 4.91. The Morgan fingerprint density at radius 3 is 2.61 bits per heavy atom. The van der Waals surface area contributed by atoms with Crippen LogP contribution >= 0.6 is 15.9 Å². The Kier molecular flexibility index (Phi) is 3.46. The number of nitrogens with zero attached hydrogens (tertiary/aromatic N) is 1. The fraction of sp³-hybridized carbons (Fsp3) is 0.500. The largest absolute Gasteiger partial charge is 0.398 e. The molecule has 0 spiro atoms. The summed E-state index contributed by atoms with van der Waals surface area (Å²) < 4.78 is 27.3. The van der Waals surface area contributed by atoms with E-state index in [0.29, 0.717) is 23.2 Å². The molecule has 1 aromatic rings. The minimum atomic E-state index is -3.48. The molecule has 0 aromatic heterocycles. The summed E-state index contributed by atoms with van der Waals surface area (Å²) in [6.45, 7) is 5.25. The van der Waals surface area contributed by atoms with E-state index in [1.165, 1.54) is 4.31 Å². The molecule has 1 aromatic carbocycles. The lowest BCUT2D eigenvalue weighted by Gasteiger charge is -2.20. The Hall–Kier alpha value is -0.590. The normalized spacial score (nSPS) is 20.2. The van der Waals surface area contributed by atoms with Gasteiger partial charge in [0.1, 0.15) is 4.90 Å². The molecular weight excluding hydrogens is 316 g/mol. The quantitative estimate of drug-likeness (QED) is 0.846. The zero-order valence-electron chi connectivity index (χ0n) is 10.5. The summed E-state index contributed by atoms with van der Waals surface area (Å²) in [4.78, 5) is 0.189. The summed E-state index contributed by atoms with van der Waals surface area (Å²) in [5, 5.41) is 0. The van der Waals surface area contributed by atoms with Crippen LogP contribution in [0.15, 0.2) is 27.6 Å². The van der Waals surface area contributed by atoms with Gasteiger partial charge in [-0.15, -0.1) is 0 Å². The molecule has 2 rings (SSSR count). The summed E-state index contributed by atoms with van der Waals surface area (Å²) >= 11 is 3.28. The first-order valence-corrected chi connectivity index (χ1v) is 8.01. The van der Waals surface area contributed by atoms with Crippen molar-refractivity contribution < 1.29 is 8.42 Å². The number of nitrogens with two attached hydrogens (primary N) is 1. The first kappa shape index (κ1) is 13.8. The van der Waals surface area contributed by atoms with Gasteiger partial charge in [0.05, 0.1) is 5.69 Å². The minimum Gasteiger partial charge on any atom is -0.398 e. The van der Waals surface area contributed by atoms with Gasteiger partial charge < -0.3 is 5.73 Å². The lowest BCUT2D eigenvalue weighted by atomic mass is 9.93. The van der Waals surface area contributed by atoms with Crippen LogP contribution in [0.2, 0.25) is 0 Å². The van der Waals surface area contributed by atoms with E-state index in [-0.39, 0.29) is 10.3 Å². The third-order valence-corrected chi connectivity index (χ3v) is 5.63. The predicted octanol–water partition coefficient (Wildman–Crippen LogP) is 2.45. The summed E-state index contributed by atoms with van der Waals surface area (Å²) in [5.74, 6) is 0. The van der Waals surface area contributed by atoms with Crippen LogP contribution < -0.4 is 5.73 Å². The molecule has 100 valence electrons. The van der Waals surface area contributed by atoms with Gasteiger partial charge in [-0.2, -0.15) is 4.31 Å². The van der Waals surface area contributed by atoms with E-state index in [9.17, 15) is 8.42 Å². The van der Waals surface area contributed by atoms with Crippen molar-refractivity contribution in [1.29, 1.82) is 0 Å². The van der Waals surface area contributed by atoms with Gasteiger partial charge in [-0.1, -0.05) is 29.8 Å². The van der Waals surface area contributed by atoms with E-state index in [2.05, 4.69) is 29.8 Å². The van der Waals surface area contributed by atoms with Crippen molar-refractivity contribution in [3.63, 3.8) is 0 Å². The molecule has 1 heterocycles. The lowest BCUT2D eigenvalue weighted by molar-refractivity contribution is 0.375. The molecule has 1 saturated heterocycles. The second-order valence-corrected chi connectivity index (χ2v) is 8.26. The van der Waals surface area contributed by atoms with Gasteiger partial charge in [-0.05, 0) is 30.0 Å². The van der Waals surface area contributed by atoms with E-state index < -0.39 is 10.0 Å². The van der Waals surface area contributed by atoms with E-state index in [4.69, 9.17) is 5.73 Å². The van der Waals surface area contributed by atoms with Crippen LogP contribution in [-0.4, -0.2) is 25.8 Å². The number of hydrogen-bond acceptors (Lipinski definition) is 3. The van der Waals surface area contributed by atoms with Gasteiger partial charge in [0.15, 0.2) is 0 Å². The molecule has 0 atom stereocenters. The number of halogens is 1. The maximum atomic E-state index is 12.5. The first-order chi connectivity index (χ1) is 8.22. The molecular formula is C12H17BrN2O2S. The molecule has 6 heteroatoms. The Balaban J connectivity index is 2.40. The van der Waals surface area contributed by atoms with Crippen LogP contribution in [0.3, 0.4) is 0 Å². The maximum Gasteiger partial charge on any atom is 0.245 e. The van der Waals surface area contributed by atoms with Gasteiger partial charge in [0.25, 0.3) is 0 Å². The highest BCUT2D eigenvalue weighted by atomic mass is 79.9. The molecule has 18 heavy (non-hydrogen) atoms. The molecule has 2 N–H and O–H groups in total. The highest BCUT2D eigenvalue weighted by molar-refractivity contribution is 9.10. The smallest absolute Gasteiger partial charge is 0.245 e. The molecule has 0 saturated carbocycles. The molecule has 0 aliphatic carbocycles. The van der Waals surface area contributed by atoms with Crippen molar-refractivity contribution in [2.24, 2.45) is 5.41 Å². The van der Waals surface area contributed by atoms with Crippen molar-refractivity contribution in [3.05, 3.63) is 22.7 Å². The van der Waals surface area contributed by atoms with E-state index in [0.717, 1.165) is 6.42 Å². The Labute approximate surface area is 116 Å². The van der Waals surface area contributed by atoms with Gasteiger partial charge in [-0.3, -0.25) is 0 Å². The van der Waals surface area contributed by atoms with Crippen molar-refractivity contribution in [3.8, 4) is 0 Å². The van der Waals surface area contributed by atoms with Crippen LogP contribution in [0.4, 0.5) is 5.69 Å². The van der Waals surface area contributed by atoms with E-state index in [1.54, 1.807) is 18.2 Å². The second-order valence-electron chi connectivity index (χ2n) is 5.43. The van der Waals surface area contributed by atoms with Crippen molar-refractivity contribution in [2.45, 2.75) is 25.2 Å². The number of benzene rings is 1. The average Bonchev–Trinajstić information content (AvgIpc) is 2.63. The molecule has 1 fully saturated rings. The predicted molar refractivity (Wildman–Crippen MR) is 75.7 cm³/mol. The number of hydrogen-bond donors (Lipinski definition) is 1. The highest BCUT2D eigenvalue weighted by Crippen LogP contribution is 2.34. The Morgan fingerprint density at radius 1 is 1.39 bits per heavy atom. The molecule has 0 unspecified atom stereocenters. The second kappa shape index (κ2) is 4.51. The van der Waals surface area contributed by atoms with Crippen LogP contribution in [-0.2, 0) is 10.0 Å². The standard InChI is InChI=1S/C12H17BrN2O2S/c1-12(2)5-6-15(8-12)18(16,17)11-7-9(13)3-4-10(11)14/h3-4,7H,5-6,8,14H2,1-2H3. The molecule has 4 nitrogen and oxygen atoms in total. The van der Waals surface area contributed by atoms with Crippen molar-refractivity contribution >= 4 is 31.6 Å². The van der Waals surface area contributed by atoms with E-state index in [1.807, 2.05) is 0 Å². The number of anilines is 1. The topological polar surface area (TPSA) is 63.4 Å². The third-order valence-electron chi connectivity index (χ3n) is 3.24. The van der Waals surface area contributed by atoms with E-state index >= 15 is 0 Å². The van der Waals surface area contributed by atoms with Gasteiger partial charge >= 0.3 is 0 Å². The lowest BCUT2D eigenvalue weighted by Crippen LogP contribution is -2.30.